The molecule has 40 heavy (non-hydrogen) atoms. The third-order valence-electron chi connectivity index (χ3n) is 11.6. The van der Waals surface area contributed by atoms with Crippen molar-refractivity contribution in [2.75, 3.05) is 13.1 Å². The van der Waals surface area contributed by atoms with Crippen LogP contribution in [0.3, 0.4) is 0 Å². The molecule has 3 fully saturated rings. The van der Waals surface area contributed by atoms with Gasteiger partial charge < -0.3 is 29.9 Å². The lowest BCUT2D eigenvalue weighted by molar-refractivity contribution is -0.198. The van der Waals surface area contributed by atoms with Gasteiger partial charge in [0.05, 0.1) is 12.7 Å². The first-order valence-corrected chi connectivity index (χ1v) is 14.7. The number of ether oxygens (including phenoxy) is 1. The number of hydrogen-bond acceptors (Lipinski definition) is 7. The topological polar surface area (TPSA) is 125 Å². The van der Waals surface area contributed by atoms with Crippen LogP contribution >= 0.6 is 0 Å². The van der Waals surface area contributed by atoms with E-state index < -0.39 is 59.2 Å². The molecule has 1 unspecified atom stereocenters. The van der Waals surface area contributed by atoms with E-state index in [1.165, 1.54) is 6.07 Å². The second-order valence-corrected chi connectivity index (χ2v) is 13.4. The number of nitrogens with one attached hydrogen (secondary N) is 1. The van der Waals surface area contributed by atoms with Gasteiger partial charge in [-0.15, -0.1) is 0 Å². The van der Waals surface area contributed by atoms with Crippen molar-refractivity contribution >= 4 is 24.3 Å². The van der Waals surface area contributed by atoms with Crippen molar-refractivity contribution in [3.05, 3.63) is 23.5 Å². The molecular weight excluding hydrogens is 516 g/mol. The van der Waals surface area contributed by atoms with E-state index in [2.05, 4.69) is 19.2 Å². The van der Waals surface area contributed by atoms with E-state index in [9.17, 15) is 24.8 Å². The summed E-state index contributed by atoms with van der Waals surface area (Å²) in [6.07, 6.45) is 0.720. The largest absolute Gasteiger partial charge is 0.494 e. The Bertz CT molecular complexity index is 1180. The zero-order valence-electron chi connectivity index (χ0n) is 24.2. The van der Waals surface area contributed by atoms with Crippen molar-refractivity contribution in [3.8, 4) is 5.75 Å². The van der Waals surface area contributed by atoms with Gasteiger partial charge in [0, 0.05) is 35.7 Å². The average Bonchev–Trinajstić information content (AvgIpc) is 3.47. The van der Waals surface area contributed by atoms with Gasteiger partial charge in [0.25, 0.3) is 0 Å². The number of fused-ring (bicyclic) bond motifs is 1. The first kappa shape index (κ1) is 29.5. The molecule has 0 spiro atoms. The summed E-state index contributed by atoms with van der Waals surface area (Å²) in [5.74, 6) is -3.49. The summed E-state index contributed by atoms with van der Waals surface area (Å²) < 4.78 is 26.9. The maximum atomic E-state index is 15.6. The van der Waals surface area contributed by atoms with E-state index in [1.807, 2.05) is 20.8 Å². The molecular formula is C30H43BFNO7. The molecule has 3 aliphatic carbocycles. The molecule has 1 aliphatic heterocycles. The Kier molecular flexibility index (Phi) is 7.64. The number of aliphatic hydroxyl groups excluding tert-OH is 1. The molecule has 1 aromatic carbocycles. The lowest BCUT2D eigenvalue weighted by Gasteiger charge is -2.63. The maximum Gasteiger partial charge on any atom is 0.494 e. The van der Waals surface area contributed by atoms with Crippen LogP contribution in [0.15, 0.2) is 12.1 Å². The van der Waals surface area contributed by atoms with E-state index in [4.69, 9.17) is 9.39 Å². The number of hydrogen-bond donors (Lipinski definition) is 4. The predicted octanol–water partition coefficient (Wildman–Crippen LogP) is 2.91. The molecule has 4 N–H and O–H groups in total. The van der Waals surface area contributed by atoms with Crippen molar-refractivity contribution in [3.63, 3.8) is 0 Å². The summed E-state index contributed by atoms with van der Waals surface area (Å²) in [5.41, 5.74) is -1.47. The molecule has 2 bridgehead atoms. The second kappa shape index (κ2) is 10.4. The molecule has 1 aromatic rings. The normalized spacial score (nSPS) is 39.8. The fraction of sp³-hybridized carbons (Fsp3) is 0.733. The molecule has 10 heteroatoms. The van der Waals surface area contributed by atoms with Crippen LogP contribution in [0.25, 0.3) is 0 Å². The summed E-state index contributed by atoms with van der Waals surface area (Å²) in [7, 11) is -1.45. The highest BCUT2D eigenvalue weighted by molar-refractivity contribution is 6.61. The van der Waals surface area contributed by atoms with Crippen LogP contribution < -0.4 is 15.5 Å². The van der Waals surface area contributed by atoms with Crippen LogP contribution in [0.1, 0.15) is 72.3 Å². The van der Waals surface area contributed by atoms with Gasteiger partial charge in [0.2, 0.25) is 0 Å². The standard InChI is InChI=1S/C30H43BFNO7/c1-6-33-15-28(4)13-19(24(27(36)37)40-21-8-7-18-14-39-31(38)22(18)23(21)32)29(5)16(2)9-11-30(17(3)26(28)35)12-10-20(34)25(29)30/h7-8,16-17,19,24-26,33,35,38H,6,9-15H2,1-5H3,(H,36,37)/t16-,17+,19+,24?,25+,26+,28+,29-,30+/m1/s1. The summed E-state index contributed by atoms with van der Waals surface area (Å²) in [5, 5.41) is 36.2. The first-order valence-electron chi connectivity index (χ1n) is 14.7. The molecule has 0 aromatic heterocycles. The van der Waals surface area contributed by atoms with E-state index in [0.29, 0.717) is 31.5 Å². The Hall–Kier alpha value is -2.01. The smallest absolute Gasteiger partial charge is 0.478 e. The molecule has 220 valence electrons. The lowest BCUT2D eigenvalue weighted by Crippen LogP contribution is -2.64. The number of rotatable bonds is 7. The monoisotopic (exact) mass is 559 g/mol. The molecule has 9 atom stereocenters. The third-order valence-corrected chi connectivity index (χ3v) is 11.6. The number of benzene rings is 1. The highest BCUT2D eigenvalue weighted by atomic mass is 19.1. The van der Waals surface area contributed by atoms with Gasteiger partial charge >= 0.3 is 13.1 Å². The van der Waals surface area contributed by atoms with Crippen LogP contribution in [-0.2, 0) is 20.9 Å². The van der Waals surface area contributed by atoms with Crippen LogP contribution in [-0.4, -0.2) is 59.4 Å². The Balaban J connectivity index is 1.66. The minimum Gasteiger partial charge on any atom is -0.478 e. The molecule has 5 rings (SSSR count). The number of aliphatic carboxylic acids is 1. The number of Topliss-reactive ketones (excluding diaryl/α,β-unsaturated/α-hetero) is 1. The van der Waals surface area contributed by atoms with Gasteiger partial charge in [-0.1, -0.05) is 40.7 Å². The fourth-order valence-corrected chi connectivity index (χ4v) is 9.15. The Morgan fingerprint density at radius 1 is 1.30 bits per heavy atom. The van der Waals surface area contributed by atoms with Crippen LogP contribution in [0.4, 0.5) is 4.39 Å². The highest BCUT2D eigenvalue weighted by Crippen LogP contribution is 2.69. The zero-order valence-corrected chi connectivity index (χ0v) is 24.2. The van der Waals surface area contributed by atoms with Crippen molar-refractivity contribution < 1.29 is 38.6 Å². The molecule has 0 amide bonds. The van der Waals surface area contributed by atoms with Gasteiger partial charge in [-0.3, -0.25) is 4.79 Å². The lowest BCUT2D eigenvalue weighted by atomic mass is 9.41. The van der Waals surface area contributed by atoms with Crippen LogP contribution in [0.2, 0.25) is 0 Å². The third kappa shape index (κ3) is 4.24. The van der Waals surface area contributed by atoms with E-state index >= 15 is 4.39 Å². The number of halogens is 1. The average molecular weight is 559 g/mol. The molecule has 0 saturated heterocycles. The Morgan fingerprint density at radius 2 is 2.02 bits per heavy atom. The number of aliphatic hydroxyl groups is 1. The zero-order chi connectivity index (χ0) is 29.2. The van der Waals surface area contributed by atoms with Crippen molar-refractivity contribution in [1.82, 2.24) is 5.32 Å². The Labute approximate surface area is 236 Å². The van der Waals surface area contributed by atoms with Gasteiger partial charge in [-0.2, -0.15) is 0 Å². The quantitative estimate of drug-likeness (QED) is 0.376. The summed E-state index contributed by atoms with van der Waals surface area (Å²) in [6, 6.07) is 2.97. The molecule has 0 radical (unpaired) electrons. The van der Waals surface area contributed by atoms with Gasteiger partial charge in [-0.25, -0.2) is 9.18 Å². The van der Waals surface area contributed by atoms with Crippen molar-refractivity contribution in [1.29, 1.82) is 0 Å². The fourth-order valence-electron chi connectivity index (χ4n) is 9.15. The maximum absolute atomic E-state index is 15.6. The van der Waals surface area contributed by atoms with Crippen LogP contribution in [0, 0.1) is 45.7 Å². The van der Waals surface area contributed by atoms with Gasteiger partial charge in [0.15, 0.2) is 17.7 Å². The number of carbonyl (C=O) groups is 2. The van der Waals surface area contributed by atoms with Crippen molar-refractivity contribution in [2.45, 2.75) is 85.5 Å². The van der Waals surface area contributed by atoms with Gasteiger partial charge in [-0.05, 0) is 66.5 Å². The molecule has 3 saturated carbocycles. The minimum absolute atomic E-state index is 0.00837. The summed E-state index contributed by atoms with van der Waals surface area (Å²) >= 11 is 0. The number of carboxylic acids is 1. The van der Waals surface area contributed by atoms with Crippen molar-refractivity contribution in [2.24, 2.45) is 39.9 Å². The first-order chi connectivity index (χ1) is 18.8. The van der Waals surface area contributed by atoms with E-state index in [0.717, 1.165) is 12.8 Å². The summed E-state index contributed by atoms with van der Waals surface area (Å²) in [6.45, 7) is 11.4. The SMILES string of the molecule is CCNC[C@]1(C)C[C@@H](C(Oc2ccc3c(c2F)B(O)OC3)C(=O)O)[C@@]2(C)[C@H](C)CC[C@]3(CCC(=O)[C@H]32)[C@@H](C)[C@@H]1O. The number of carboxylic acid groups (broad SMARTS) is 1. The van der Waals surface area contributed by atoms with E-state index in [1.54, 1.807) is 6.07 Å². The minimum atomic E-state index is -1.48. The molecule has 1 heterocycles. The predicted molar refractivity (Wildman–Crippen MR) is 147 cm³/mol. The Morgan fingerprint density at radius 3 is 2.70 bits per heavy atom. The molecule has 4 aliphatic rings. The van der Waals surface area contributed by atoms with E-state index in [-0.39, 0.29) is 41.9 Å². The summed E-state index contributed by atoms with van der Waals surface area (Å²) in [4.78, 5) is 26.8. The number of ketones is 1. The van der Waals surface area contributed by atoms with Crippen LogP contribution in [0.5, 0.6) is 5.75 Å². The number of carbonyl (C=O) groups excluding carboxylic acids is 1. The highest BCUT2D eigenvalue weighted by Gasteiger charge is 2.69. The van der Waals surface area contributed by atoms with Gasteiger partial charge in [0.1, 0.15) is 5.78 Å². The molecule has 8 nitrogen and oxygen atoms in total. The second-order valence-electron chi connectivity index (χ2n) is 13.4.